The third-order valence-corrected chi connectivity index (χ3v) is 4.82. The molecular weight excluding hydrogens is 286 g/mol. The van der Waals surface area contributed by atoms with Gasteiger partial charge in [-0.2, -0.15) is 0 Å². The minimum Gasteiger partial charge on any atom is -0.381 e. The van der Waals surface area contributed by atoms with Gasteiger partial charge in [0.15, 0.2) is 0 Å². The van der Waals surface area contributed by atoms with Crippen molar-refractivity contribution in [2.24, 2.45) is 17.2 Å². The molecule has 2 atom stereocenters. The highest BCUT2D eigenvalue weighted by Crippen LogP contribution is 2.24. The van der Waals surface area contributed by atoms with Crippen LogP contribution in [-0.4, -0.2) is 55.9 Å². The number of carbonyl (C=O) groups is 1. The Labute approximate surface area is 111 Å². The van der Waals surface area contributed by atoms with Gasteiger partial charge in [-0.3, -0.25) is 10.5 Å². The summed E-state index contributed by atoms with van der Waals surface area (Å²) in [6.45, 7) is -0.0181. The molecule has 0 saturated heterocycles. The first-order valence-corrected chi connectivity index (χ1v) is 7.95. The molecule has 0 bridgehead atoms. The zero-order valence-electron chi connectivity index (χ0n) is 8.98. The summed E-state index contributed by atoms with van der Waals surface area (Å²) in [7, 11) is 2.29. The smallest absolute Gasteiger partial charge is 0.230 e. The lowest BCUT2D eigenvalue weighted by atomic mass is 10.4. The number of carbonyl (C=O) groups excluding carboxylic acids is 1. The van der Waals surface area contributed by atoms with Gasteiger partial charge in [0.1, 0.15) is 5.44 Å². The van der Waals surface area contributed by atoms with Crippen LogP contribution in [-0.2, 0) is 4.79 Å². The second-order valence-corrected chi connectivity index (χ2v) is 6.85. The van der Waals surface area contributed by atoms with E-state index in [4.69, 9.17) is 32.5 Å². The second kappa shape index (κ2) is 8.56. The van der Waals surface area contributed by atoms with Crippen LogP contribution in [0.5, 0.6) is 0 Å². The molecule has 0 saturated carbocycles. The molecule has 0 aromatic rings. The Hall–Kier alpha value is 0.480. The Morgan fingerprint density at radius 1 is 1.35 bits per heavy atom. The molecule has 0 aromatic carbocycles. The lowest BCUT2D eigenvalue weighted by Crippen LogP contribution is -2.41. The maximum atomic E-state index is 11.4. The van der Waals surface area contributed by atoms with E-state index < -0.39 is 17.4 Å². The van der Waals surface area contributed by atoms with Crippen LogP contribution in [0.15, 0.2) is 0 Å². The van der Waals surface area contributed by atoms with Crippen LogP contribution in [0.25, 0.3) is 0 Å². The van der Waals surface area contributed by atoms with Crippen molar-refractivity contribution in [1.29, 1.82) is 0 Å². The van der Waals surface area contributed by atoms with Crippen molar-refractivity contribution in [3.63, 3.8) is 0 Å². The predicted octanol–water partition coefficient (Wildman–Crippen LogP) is -2.17. The molecule has 2 unspecified atom stereocenters. The molecule has 10 heteroatoms. The average Bonchev–Trinajstić information content (AvgIpc) is 2.22. The van der Waals surface area contributed by atoms with E-state index in [2.05, 4.69) is 0 Å². The van der Waals surface area contributed by atoms with Crippen molar-refractivity contribution in [2.45, 2.75) is 17.4 Å². The van der Waals surface area contributed by atoms with Crippen LogP contribution in [0.2, 0.25) is 0 Å². The van der Waals surface area contributed by atoms with Gasteiger partial charge in [0.2, 0.25) is 11.0 Å². The molecule has 0 heterocycles. The van der Waals surface area contributed by atoms with Crippen molar-refractivity contribution >= 4 is 38.5 Å². The summed E-state index contributed by atoms with van der Waals surface area (Å²) < 4.78 is 0. The van der Waals surface area contributed by atoms with Gasteiger partial charge in [0.25, 0.3) is 0 Å². The molecule has 0 aliphatic heterocycles. The molecule has 0 spiro atoms. The van der Waals surface area contributed by atoms with Crippen molar-refractivity contribution in [3.8, 4) is 0 Å². The number of thioether (sulfide) groups is 1. The van der Waals surface area contributed by atoms with E-state index in [9.17, 15) is 4.79 Å². The first-order valence-electron chi connectivity index (χ1n) is 4.58. The summed E-state index contributed by atoms with van der Waals surface area (Å²) in [5.74, 6) is -2.04. The molecule has 102 valence electrons. The van der Waals surface area contributed by atoms with E-state index in [1.54, 1.807) is 0 Å². The van der Waals surface area contributed by atoms with Gasteiger partial charge in [-0.1, -0.05) is 33.3 Å². The summed E-state index contributed by atoms with van der Waals surface area (Å²) >= 11 is 0.692. The normalized spacial score (nSPS) is 15.6. The molecule has 0 radical (unpaired) electrons. The van der Waals surface area contributed by atoms with E-state index in [1.165, 1.54) is 10.8 Å². The Morgan fingerprint density at radius 2 is 1.94 bits per heavy atom. The summed E-state index contributed by atoms with van der Waals surface area (Å²) in [5.41, 5.74) is 14.7. The van der Waals surface area contributed by atoms with E-state index in [0.29, 0.717) is 11.8 Å². The molecule has 17 heavy (non-hydrogen) atoms. The number of aliphatic hydroxyl groups excluding tert-OH is 1. The lowest BCUT2D eigenvalue weighted by Gasteiger charge is -2.15. The number of nitrogens with two attached hydrogens (primary N) is 3. The summed E-state index contributed by atoms with van der Waals surface area (Å²) in [6.07, 6.45) is 0. The molecule has 7 nitrogen and oxygen atoms in total. The minimum absolute atomic E-state index is 0.0181. The monoisotopic (exact) mass is 303 g/mol. The number of hydrogen-bond donors (Lipinski definition) is 6. The van der Waals surface area contributed by atoms with Crippen LogP contribution in [0.1, 0.15) is 0 Å². The quantitative estimate of drug-likeness (QED) is 0.166. The Morgan fingerprint density at radius 3 is 2.41 bits per heavy atom. The fourth-order valence-corrected chi connectivity index (χ4v) is 3.47. The number of hydrogen-bond acceptors (Lipinski definition) is 10. The van der Waals surface area contributed by atoms with Crippen LogP contribution >= 0.6 is 33.3 Å². The Bertz CT molecular complexity index is 239. The fraction of sp³-hybridized carbons (Fsp3) is 0.857. The molecule has 0 aromatic heterocycles. The molecule has 0 aliphatic rings. The largest absolute Gasteiger partial charge is 0.381 e. The highest BCUT2D eigenvalue weighted by Gasteiger charge is 2.20. The molecule has 0 aliphatic carbocycles. The van der Waals surface area contributed by atoms with E-state index in [-0.39, 0.29) is 23.2 Å². The Kier molecular flexibility index (Phi) is 8.80. The molecule has 0 amide bonds. The topological polar surface area (TPSA) is 156 Å². The number of aliphatic hydroxyl groups is 3. The van der Waals surface area contributed by atoms with Crippen molar-refractivity contribution in [3.05, 3.63) is 0 Å². The van der Waals surface area contributed by atoms with Crippen LogP contribution < -0.4 is 17.2 Å². The molecule has 0 fully saturated rings. The number of rotatable bonds is 8. The van der Waals surface area contributed by atoms with Gasteiger partial charge in [0, 0.05) is 12.3 Å². The molecular formula is C7H17N3O4S3. The molecule has 0 rings (SSSR count). The van der Waals surface area contributed by atoms with Crippen LogP contribution in [0, 0.1) is 0 Å². The van der Waals surface area contributed by atoms with Gasteiger partial charge in [-0.15, -0.1) is 0 Å². The predicted molar refractivity (Wildman–Crippen MR) is 71.9 cm³/mol. The maximum absolute atomic E-state index is 11.4. The fourth-order valence-electron chi connectivity index (χ4n) is 0.587. The van der Waals surface area contributed by atoms with E-state index in [0.717, 1.165) is 10.8 Å². The third-order valence-electron chi connectivity index (χ3n) is 1.36. The summed E-state index contributed by atoms with van der Waals surface area (Å²) in [5, 5.41) is 26.3. The zero-order chi connectivity index (χ0) is 13.5. The Balaban J connectivity index is 3.71. The molecule has 9 N–H and O–H groups in total. The van der Waals surface area contributed by atoms with Gasteiger partial charge < -0.3 is 26.8 Å². The van der Waals surface area contributed by atoms with E-state index in [1.807, 2.05) is 0 Å². The van der Waals surface area contributed by atoms with Crippen LogP contribution in [0.3, 0.4) is 0 Å². The van der Waals surface area contributed by atoms with Gasteiger partial charge in [-0.05, 0) is 0 Å². The lowest BCUT2D eigenvalue weighted by molar-refractivity contribution is -0.133. The van der Waals surface area contributed by atoms with Crippen LogP contribution in [0.4, 0.5) is 0 Å². The average molecular weight is 303 g/mol. The summed E-state index contributed by atoms with van der Waals surface area (Å²) in [4.78, 5) is 11.4. The van der Waals surface area contributed by atoms with Crippen molar-refractivity contribution in [1.82, 2.24) is 0 Å². The first kappa shape index (κ1) is 17.5. The van der Waals surface area contributed by atoms with Gasteiger partial charge >= 0.3 is 0 Å². The van der Waals surface area contributed by atoms with Gasteiger partial charge in [-0.25, -0.2) is 0 Å². The SMILES string of the molecule is NCC(O)SC(=O)C(N)CSSCC(N)(O)O. The second-order valence-electron chi connectivity index (χ2n) is 3.16. The van der Waals surface area contributed by atoms with E-state index >= 15 is 0 Å². The maximum Gasteiger partial charge on any atom is 0.230 e. The minimum atomic E-state index is -2.23. The zero-order valence-corrected chi connectivity index (χ0v) is 11.4. The first-order chi connectivity index (χ1) is 7.76. The standard InChI is InChI=1S/C7H17N3O4S3/c8-1-5(11)17-6(12)4(9)2-15-16-3-7(10,13)14/h4-5,11,13-14H,1-3,8-10H2. The van der Waals surface area contributed by atoms with Gasteiger partial charge in [0.05, 0.1) is 11.8 Å². The highest BCUT2D eigenvalue weighted by molar-refractivity contribution is 8.76. The highest BCUT2D eigenvalue weighted by atomic mass is 33.1. The summed E-state index contributed by atoms with van der Waals surface area (Å²) in [6, 6.07) is -0.747. The van der Waals surface area contributed by atoms with Crippen molar-refractivity contribution in [2.75, 3.05) is 18.1 Å². The third kappa shape index (κ3) is 10.1. The van der Waals surface area contributed by atoms with Crippen molar-refractivity contribution < 1.29 is 20.1 Å².